The molecule has 1 unspecified atom stereocenters. The molecule has 2 aliphatic heterocycles. The summed E-state index contributed by atoms with van der Waals surface area (Å²) in [7, 11) is 0. The number of rotatable bonds is 2. The minimum Gasteiger partial charge on any atom is -0.383 e. The van der Waals surface area contributed by atoms with Crippen molar-refractivity contribution in [2.24, 2.45) is 0 Å². The highest BCUT2D eigenvalue weighted by Gasteiger charge is 2.32. The fourth-order valence-corrected chi connectivity index (χ4v) is 2.88. The van der Waals surface area contributed by atoms with Crippen LogP contribution in [0.15, 0.2) is 10.9 Å². The lowest BCUT2D eigenvalue weighted by Gasteiger charge is -2.21. The monoisotopic (exact) mass is 263 g/mol. The van der Waals surface area contributed by atoms with Crippen LogP contribution in [0.3, 0.4) is 0 Å². The van der Waals surface area contributed by atoms with Crippen LogP contribution in [0.5, 0.6) is 0 Å². The van der Waals surface area contributed by atoms with E-state index in [9.17, 15) is 4.79 Å². The molecule has 1 aromatic heterocycles. The molecule has 1 N–H and O–H groups in total. The second-order valence-corrected chi connectivity index (χ2v) is 6.09. The van der Waals surface area contributed by atoms with Gasteiger partial charge in [-0.1, -0.05) is 0 Å². The fourth-order valence-electron chi connectivity index (χ4n) is 2.88. The fraction of sp³-hybridized carbons (Fsp3) is 0.714. The van der Waals surface area contributed by atoms with Gasteiger partial charge in [0.1, 0.15) is 0 Å². The van der Waals surface area contributed by atoms with Crippen LogP contribution in [-0.2, 0) is 17.7 Å². The van der Waals surface area contributed by atoms with Gasteiger partial charge in [-0.25, -0.2) is 4.68 Å². The number of nitrogens with zero attached hydrogens (tertiary/aromatic N) is 2. The summed E-state index contributed by atoms with van der Waals surface area (Å²) in [6.45, 7) is 5.69. The molecule has 2 aliphatic rings. The van der Waals surface area contributed by atoms with Crippen molar-refractivity contribution in [3.8, 4) is 0 Å². The van der Waals surface area contributed by atoms with E-state index in [1.54, 1.807) is 10.7 Å². The van der Waals surface area contributed by atoms with Crippen molar-refractivity contribution in [3.63, 3.8) is 0 Å². The van der Waals surface area contributed by atoms with E-state index < -0.39 is 0 Å². The van der Waals surface area contributed by atoms with Gasteiger partial charge in [0.05, 0.1) is 29.6 Å². The minimum atomic E-state index is -0.0654. The highest BCUT2D eigenvalue weighted by Crippen LogP contribution is 2.29. The summed E-state index contributed by atoms with van der Waals surface area (Å²) in [4.78, 5) is 12.0. The van der Waals surface area contributed by atoms with Crippen LogP contribution in [0.1, 0.15) is 38.8 Å². The van der Waals surface area contributed by atoms with Crippen molar-refractivity contribution in [2.75, 3.05) is 11.9 Å². The first-order chi connectivity index (χ1) is 9.03. The Kier molecular flexibility index (Phi) is 3.09. The minimum absolute atomic E-state index is 0.0403. The Hall–Kier alpha value is -1.36. The van der Waals surface area contributed by atoms with Gasteiger partial charge in [0.2, 0.25) is 0 Å². The number of ether oxygens (including phenoxy) is 1. The molecule has 0 aliphatic carbocycles. The van der Waals surface area contributed by atoms with Gasteiger partial charge in [0, 0.05) is 12.6 Å². The Balaban J connectivity index is 1.80. The number of nitrogens with one attached hydrogen (secondary N) is 1. The number of aryl methyl sites for hydroxylation is 1. The average molecular weight is 263 g/mol. The molecule has 104 valence electrons. The van der Waals surface area contributed by atoms with Crippen LogP contribution in [0, 0.1) is 0 Å². The number of hydrogen-bond acceptors (Lipinski definition) is 4. The van der Waals surface area contributed by atoms with E-state index >= 15 is 0 Å². The first kappa shape index (κ1) is 12.7. The lowest BCUT2D eigenvalue weighted by atomic mass is 10.1. The highest BCUT2D eigenvalue weighted by molar-refractivity contribution is 5.48. The lowest BCUT2D eigenvalue weighted by Crippen LogP contribution is -2.32. The van der Waals surface area contributed by atoms with Crippen LogP contribution in [-0.4, -0.2) is 28.0 Å². The Labute approximate surface area is 113 Å². The standard InChI is InChI=1S/C14H21N3O2/c1-14(2)6-5-10(19-14)9-17-13(18)8-12-11(16-17)4-3-7-15-12/h8,10,15H,3-7,9H2,1-2H3. The van der Waals surface area contributed by atoms with Gasteiger partial charge in [-0.3, -0.25) is 4.79 Å². The van der Waals surface area contributed by atoms with E-state index in [4.69, 9.17) is 4.74 Å². The number of hydrogen-bond donors (Lipinski definition) is 1. The molecule has 1 saturated heterocycles. The van der Waals surface area contributed by atoms with Gasteiger partial charge in [-0.15, -0.1) is 0 Å². The van der Waals surface area contributed by atoms with E-state index in [-0.39, 0.29) is 17.3 Å². The molecule has 1 aromatic rings. The Morgan fingerprint density at radius 2 is 2.42 bits per heavy atom. The molecule has 0 amide bonds. The maximum atomic E-state index is 12.0. The number of fused-ring (bicyclic) bond motifs is 1. The molecule has 3 heterocycles. The predicted octanol–water partition coefficient (Wildman–Crippen LogP) is 1.56. The summed E-state index contributed by atoms with van der Waals surface area (Å²) in [6, 6.07) is 1.67. The molecule has 5 nitrogen and oxygen atoms in total. The SMILES string of the molecule is CC1(C)CCC(Cn2nc3c(cc2=O)NCCC3)O1. The third-order valence-electron chi connectivity index (χ3n) is 3.91. The maximum absolute atomic E-state index is 12.0. The predicted molar refractivity (Wildman–Crippen MR) is 73.5 cm³/mol. The molecule has 0 aromatic carbocycles. The third kappa shape index (κ3) is 2.66. The van der Waals surface area contributed by atoms with Gasteiger partial charge in [0.25, 0.3) is 5.56 Å². The lowest BCUT2D eigenvalue weighted by molar-refractivity contribution is -0.0235. The third-order valence-corrected chi connectivity index (χ3v) is 3.91. The molecule has 0 bridgehead atoms. The molecular weight excluding hydrogens is 242 g/mol. The highest BCUT2D eigenvalue weighted by atomic mass is 16.5. The summed E-state index contributed by atoms with van der Waals surface area (Å²) in [5, 5.41) is 7.72. The smallest absolute Gasteiger partial charge is 0.268 e. The second kappa shape index (κ2) is 4.63. The summed E-state index contributed by atoms with van der Waals surface area (Å²) in [5.74, 6) is 0. The zero-order chi connectivity index (χ0) is 13.5. The van der Waals surface area contributed by atoms with Crippen molar-refractivity contribution in [2.45, 2.75) is 57.8 Å². The molecular formula is C14H21N3O2. The van der Waals surface area contributed by atoms with Crippen molar-refractivity contribution >= 4 is 5.69 Å². The summed E-state index contributed by atoms with van der Waals surface area (Å²) < 4.78 is 7.50. The van der Waals surface area contributed by atoms with Crippen molar-refractivity contribution < 1.29 is 4.74 Å². The molecule has 5 heteroatoms. The van der Waals surface area contributed by atoms with Crippen molar-refractivity contribution in [1.82, 2.24) is 9.78 Å². The number of aromatic nitrogens is 2. The van der Waals surface area contributed by atoms with Crippen LogP contribution >= 0.6 is 0 Å². The topological polar surface area (TPSA) is 56.2 Å². The van der Waals surface area contributed by atoms with Gasteiger partial charge >= 0.3 is 0 Å². The number of anilines is 1. The van der Waals surface area contributed by atoms with E-state index in [0.717, 1.165) is 43.6 Å². The van der Waals surface area contributed by atoms with E-state index in [1.165, 1.54) is 0 Å². The zero-order valence-electron chi connectivity index (χ0n) is 11.6. The van der Waals surface area contributed by atoms with Crippen molar-refractivity contribution in [3.05, 3.63) is 22.1 Å². The molecule has 1 atom stereocenters. The van der Waals surface area contributed by atoms with Crippen molar-refractivity contribution in [1.29, 1.82) is 0 Å². The van der Waals surface area contributed by atoms with Crippen LogP contribution in [0.2, 0.25) is 0 Å². The Morgan fingerprint density at radius 3 is 3.16 bits per heavy atom. The van der Waals surface area contributed by atoms with E-state index in [2.05, 4.69) is 24.3 Å². The van der Waals surface area contributed by atoms with Crippen LogP contribution in [0.25, 0.3) is 0 Å². The first-order valence-corrected chi connectivity index (χ1v) is 7.06. The molecule has 19 heavy (non-hydrogen) atoms. The second-order valence-electron chi connectivity index (χ2n) is 6.09. The molecule has 3 rings (SSSR count). The van der Waals surface area contributed by atoms with Gasteiger partial charge in [0.15, 0.2) is 0 Å². The van der Waals surface area contributed by atoms with E-state index in [0.29, 0.717) is 6.54 Å². The molecule has 0 spiro atoms. The largest absolute Gasteiger partial charge is 0.383 e. The van der Waals surface area contributed by atoms with E-state index in [1.807, 2.05) is 0 Å². The maximum Gasteiger partial charge on any atom is 0.268 e. The molecule has 0 radical (unpaired) electrons. The summed E-state index contributed by atoms with van der Waals surface area (Å²) in [5.41, 5.74) is 1.80. The summed E-state index contributed by atoms with van der Waals surface area (Å²) in [6.07, 6.45) is 4.16. The molecule has 1 fully saturated rings. The summed E-state index contributed by atoms with van der Waals surface area (Å²) >= 11 is 0. The average Bonchev–Trinajstić information content (AvgIpc) is 2.70. The Morgan fingerprint density at radius 1 is 1.58 bits per heavy atom. The Bertz CT molecular complexity index is 536. The van der Waals surface area contributed by atoms with Crippen LogP contribution in [0.4, 0.5) is 5.69 Å². The van der Waals surface area contributed by atoms with Gasteiger partial charge < -0.3 is 10.1 Å². The molecule has 0 saturated carbocycles. The van der Waals surface area contributed by atoms with Crippen LogP contribution < -0.4 is 10.9 Å². The first-order valence-electron chi connectivity index (χ1n) is 7.06. The zero-order valence-corrected chi connectivity index (χ0v) is 11.6. The van der Waals surface area contributed by atoms with Gasteiger partial charge in [-0.2, -0.15) is 5.10 Å². The quantitative estimate of drug-likeness (QED) is 0.879. The van der Waals surface area contributed by atoms with Gasteiger partial charge in [-0.05, 0) is 39.5 Å². The normalized spacial score (nSPS) is 24.8.